The highest BCUT2D eigenvalue weighted by molar-refractivity contribution is 5.76. The molecule has 0 aromatic carbocycles. The van der Waals surface area contributed by atoms with E-state index >= 15 is 0 Å². The third kappa shape index (κ3) is 10.8. The molecule has 0 rings (SSSR count). The third-order valence-corrected chi connectivity index (χ3v) is 3.48. The third-order valence-electron chi connectivity index (χ3n) is 3.48. The highest BCUT2D eigenvalue weighted by Gasteiger charge is 2.12. The van der Waals surface area contributed by atoms with Crippen LogP contribution in [0.3, 0.4) is 0 Å². The molecule has 118 valence electrons. The Morgan fingerprint density at radius 2 is 1.30 bits per heavy atom. The molecule has 20 heavy (non-hydrogen) atoms. The predicted octanol–water partition coefficient (Wildman–Crippen LogP) is 3.24. The van der Waals surface area contributed by atoms with Crippen molar-refractivity contribution in [2.45, 2.75) is 78.1 Å². The van der Waals surface area contributed by atoms with Crippen molar-refractivity contribution < 1.29 is 9.59 Å². The number of carbonyl (C=O) groups excluding carboxylic acids is 2. The number of hydrogen-bond donors (Lipinski definition) is 1. The SMILES string of the molecule is CCCCCN(CCCCC)C(=O)CCCCC(N)=O. The summed E-state index contributed by atoms with van der Waals surface area (Å²) in [6.07, 6.45) is 9.32. The number of amides is 2. The largest absolute Gasteiger partial charge is 0.370 e. The van der Waals surface area contributed by atoms with E-state index in [0.29, 0.717) is 12.8 Å². The molecule has 0 unspecified atom stereocenters. The first-order chi connectivity index (χ1) is 9.61. The van der Waals surface area contributed by atoms with Crippen LogP contribution in [0.5, 0.6) is 0 Å². The molecule has 4 heteroatoms. The number of primary amides is 1. The summed E-state index contributed by atoms with van der Waals surface area (Å²) in [5.74, 6) is -0.0399. The minimum absolute atomic E-state index is 0.238. The molecule has 0 atom stereocenters. The second kappa shape index (κ2) is 12.9. The van der Waals surface area contributed by atoms with Crippen LogP contribution >= 0.6 is 0 Å². The molecule has 2 amide bonds. The normalized spacial score (nSPS) is 10.5. The van der Waals surface area contributed by atoms with Gasteiger partial charge < -0.3 is 10.6 Å². The summed E-state index contributed by atoms with van der Waals surface area (Å²) in [7, 11) is 0. The minimum atomic E-state index is -0.278. The van der Waals surface area contributed by atoms with E-state index in [1.807, 2.05) is 4.90 Å². The lowest BCUT2D eigenvalue weighted by Gasteiger charge is -2.22. The highest BCUT2D eigenvalue weighted by atomic mass is 16.2. The molecule has 4 nitrogen and oxygen atoms in total. The van der Waals surface area contributed by atoms with Crippen LogP contribution in [0.15, 0.2) is 0 Å². The van der Waals surface area contributed by atoms with E-state index in [0.717, 1.165) is 38.8 Å². The topological polar surface area (TPSA) is 63.4 Å². The average Bonchev–Trinajstić information content (AvgIpc) is 2.42. The van der Waals surface area contributed by atoms with Gasteiger partial charge in [0.1, 0.15) is 0 Å². The Balaban J connectivity index is 4.00. The molecule has 0 fully saturated rings. The molecule has 0 aliphatic heterocycles. The maximum atomic E-state index is 12.2. The Labute approximate surface area is 124 Å². The summed E-state index contributed by atoms with van der Waals surface area (Å²) in [5, 5.41) is 0. The lowest BCUT2D eigenvalue weighted by Crippen LogP contribution is -2.32. The van der Waals surface area contributed by atoms with Gasteiger partial charge in [-0.05, 0) is 25.7 Å². The van der Waals surface area contributed by atoms with E-state index in [4.69, 9.17) is 5.73 Å². The summed E-state index contributed by atoms with van der Waals surface area (Å²) in [4.78, 5) is 24.8. The lowest BCUT2D eigenvalue weighted by atomic mass is 10.1. The summed E-state index contributed by atoms with van der Waals surface area (Å²) in [6, 6.07) is 0. The van der Waals surface area contributed by atoms with Gasteiger partial charge in [-0.3, -0.25) is 9.59 Å². The van der Waals surface area contributed by atoms with Crippen LogP contribution in [0.4, 0.5) is 0 Å². The van der Waals surface area contributed by atoms with Gasteiger partial charge in [-0.2, -0.15) is 0 Å². The van der Waals surface area contributed by atoms with Gasteiger partial charge in [0.15, 0.2) is 0 Å². The second-order valence-corrected chi connectivity index (χ2v) is 5.47. The predicted molar refractivity (Wildman–Crippen MR) is 83.3 cm³/mol. The fourth-order valence-electron chi connectivity index (χ4n) is 2.20. The molecule has 0 radical (unpaired) electrons. The molecule has 0 spiro atoms. The summed E-state index contributed by atoms with van der Waals surface area (Å²) < 4.78 is 0. The molecule has 0 saturated heterocycles. The van der Waals surface area contributed by atoms with Crippen molar-refractivity contribution in [3.63, 3.8) is 0 Å². The van der Waals surface area contributed by atoms with Gasteiger partial charge in [0.2, 0.25) is 11.8 Å². The Bertz CT molecular complexity index is 257. The number of nitrogens with zero attached hydrogens (tertiary/aromatic N) is 1. The lowest BCUT2D eigenvalue weighted by molar-refractivity contribution is -0.131. The number of hydrogen-bond acceptors (Lipinski definition) is 2. The summed E-state index contributed by atoms with van der Waals surface area (Å²) in [6.45, 7) is 6.11. The van der Waals surface area contributed by atoms with Gasteiger partial charge in [-0.1, -0.05) is 39.5 Å². The van der Waals surface area contributed by atoms with E-state index in [2.05, 4.69) is 13.8 Å². The fourth-order valence-corrected chi connectivity index (χ4v) is 2.20. The van der Waals surface area contributed by atoms with E-state index in [9.17, 15) is 9.59 Å². The van der Waals surface area contributed by atoms with E-state index < -0.39 is 0 Å². The van der Waals surface area contributed by atoms with Crippen LogP contribution in [-0.4, -0.2) is 29.8 Å². The van der Waals surface area contributed by atoms with Crippen LogP contribution in [0.25, 0.3) is 0 Å². The molecular formula is C16H32N2O2. The van der Waals surface area contributed by atoms with Gasteiger partial charge in [0.05, 0.1) is 0 Å². The maximum absolute atomic E-state index is 12.2. The second-order valence-electron chi connectivity index (χ2n) is 5.47. The molecule has 0 aromatic heterocycles. The van der Waals surface area contributed by atoms with Crippen LogP contribution < -0.4 is 5.73 Å². The van der Waals surface area contributed by atoms with Crippen molar-refractivity contribution in [3.05, 3.63) is 0 Å². The van der Waals surface area contributed by atoms with Gasteiger partial charge in [-0.15, -0.1) is 0 Å². The zero-order chi connectivity index (χ0) is 15.2. The number of carbonyl (C=O) groups is 2. The quantitative estimate of drug-likeness (QED) is 0.528. The molecule has 0 aliphatic carbocycles. The summed E-state index contributed by atoms with van der Waals surface area (Å²) >= 11 is 0. The van der Waals surface area contributed by atoms with Crippen molar-refractivity contribution in [2.75, 3.05) is 13.1 Å². The van der Waals surface area contributed by atoms with Crippen molar-refractivity contribution in [1.82, 2.24) is 4.90 Å². The molecule has 0 bridgehead atoms. The van der Waals surface area contributed by atoms with Crippen molar-refractivity contribution in [3.8, 4) is 0 Å². The first kappa shape index (κ1) is 18.9. The number of nitrogens with two attached hydrogens (primary N) is 1. The monoisotopic (exact) mass is 284 g/mol. The minimum Gasteiger partial charge on any atom is -0.370 e. The molecule has 2 N–H and O–H groups in total. The maximum Gasteiger partial charge on any atom is 0.222 e. The Hall–Kier alpha value is -1.06. The Morgan fingerprint density at radius 1 is 0.800 bits per heavy atom. The Morgan fingerprint density at radius 3 is 1.75 bits per heavy atom. The molecule has 0 aromatic rings. The van der Waals surface area contributed by atoms with Crippen molar-refractivity contribution >= 4 is 11.8 Å². The standard InChI is InChI=1S/C16H32N2O2/c1-3-5-9-13-18(14-10-6-4-2)16(20)12-8-7-11-15(17)19/h3-14H2,1-2H3,(H2,17,19). The Kier molecular flexibility index (Phi) is 12.3. The van der Waals surface area contributed by atoms with Crippen LogP contribution in [-0.2, 0) is 9.59 Å². The first-order valence-electron chi connectivity index (χ1n) is 8.17. The molecule has 0 saturated carbocycles. The van der Waals surface area contributed by atoms with E-state index in [-0.39, 0.29) is 11.8 Å². The zero-order valence-electron chi connectivity index (χ0n) is 13.3. The van der Waals surface area contributed by atoms with Gasteiger partial charge in [0, 0.05) is 25.9 Å². The molecule has 0 heterocycles. The summed E-state index contributed by atoms with van der Waals surface area (Å²) in [5.41, 5.74) is 5.10. The zero-order valence-corrected chi connectivity index (χ0v) is 13.3. The molecule has 0 aliphatic rings. The van der Waals surface area contributed by atoms with E-state index in [1.165, 1.54) is 25.7 Å². The van der Waals surface area contributed by atoms with Gasteiger partial charge >= 0.3 is 0 Å². The fraction of sp³-hybridized carbons (Fsp3) is 0.875. The van der Waals surface area contributed by atoms with Crippen molar-refractivity contribution in [2.24, 2.45) is 5.73 Å². The van der Waals surface area contributed by atoms with Crippen LogP contribution in [0.2, 0.25) is 0 Å². The first-order valence-corrected chi connectivity index (χ1v) is 8.17. The smallest absolute Gasteiger partial charge is 0.222 e. The van der Waals surface area contributed by atoms with Crippen molar-refractivity contribution in [1.29, 1.82) is 0 Å². The van der Waals surface area contributed by atoms with Crippen LogP contribution in [0, 0.1) is 0 Å². The number of unbranched alkanes of at least 4 members (excludes halogenated alkanes) is 5. The van der Waals surface area contributed by atoms with Gasteiger partial charge in [-0.25, -0.2) is 0 Å². The highest BCUT2D eigenvalue weighted by Crippen LogP contribution is 2.08. The number of rotatable bonds is 13. The molecular weight excluding hydrogens is 252 g/mol. The van der Waals surface area contributed by atoms with E-state index in [1.54, 1.807) is 0 Å². The van der Waals surface area contributed by atoms with Gasteiger partial charge in [0.25, 0.3) is 0 Å². The average molecular weight is 284 g/mol. The van der Waals surface area contributed by atoms with Crippen LogP contribution in [0.1, 0.15) is 78.1 Å².